The van der Waals surface area contributed by atoms with Gasteiger partial charge < -0.3 is 15.1 Å². The summed E-state index contributed by atoms with van der Waals surface area (Å²) in [7, 11) is -0.679. The Balaban J connectivity index is 1.58. The van der Waals surface area contributed by atoms with Crippen LogP contribution >= 0.6 is 11.3 Å². The van der Waals surface area contributed by atoms with Gasteiger partial charge in [0.2, 0.25) is 15.9 Å². The van der Waals surface area contributed by atoms with Crippen LogP contribution in [0.5, 0.6) is 0 Å². The highest BCUT2D eigenvalue weighted by molar-refractivity contribution is 7.89. The molecule has 2 aromatic rings. The number of urea groups is 1. The first-order chi connectivity index (χ1) is 18.8. The van der Waals surface area contributed by atoms with Gasteiger partial charge in [-0.2, -0.15) is 4.31 Å². The molecule has 2 atom stereocenters. The third-order valence-electron chi connectivity index (χ3n) is 7.17. The average Bonchev–Trinajstić information content (AvgIpc) is 3.25. The Bertz CT molecular complexity index is 1420. The molecule has 0 saturated carbocycles. The van der Waals surface area contributed by atoms with E-state index < -0.39 is 27.9 Å². The highest BCUT2D eigenvalue weighted by atomic mass is 32.2. The van der Waals surface area contributed by atoms with Gasteiger partial charge in [-0.25, -0.2) is 13.2 Å². The number of nitrogens with zero attached hydrogens (tertiary/aromatic N) is 3. The fourth-order valence-corrected chi connectivity index (χ4v) is 8.11. The van der Waals surface area contributed by atoms with Crippen molar-refractivity contribution in [3.63, 3.8) is 0 Å². The maximum Gasteiger partial charge on any atom is 0.323 e. The molecule has 1 aromatic carbocycles. The first kappa shape index (κ1) is 29.7. The fraction of sp³-hybridized carbons (Fsp3) is 0.481. The topological polar surface area (TPSA) is 136 Å². The number of carbonyl (C=O) groups is 4. The van der Waals surface area contributed by atoms with Crippen molar-refractivity contribution in [3.8, 4) is 0 Å². The Kier molecular flexibility index (Phi) is 8.66. The molecule has 11 nitrogen and oxygen atoms in total. The SMILES string of the molecule is CC(=O)N1CCc2c(sc(NC(=O)c3ccc(S(=O)(=O)N4CC(C)CC(C)C4)cc3)c2C(=O)NC(=O)N(C)C)C1. The number of hydrogen-bond donors (Lipinski definition) is 2. The molecule has 4 rings (SSSR count). The number of benzene rings is 1. The predicted molar refractivity (Wildman–Crippen MR) is 152 cm³/mol. The number of rotatable bonds is 5. The van der Waals surface area contributed by atoms with Crippen molar-refractivity contribution in [2.24, 2.45) is 11.8 Å². The maximum absolute atomic E-state index is 13.2. The number of imide groups is 1. The number of hydrogen-bond acceptors (Lipinski definition) is 7. The van der Waals surface area contributed by atoms with Gasteiger partial charge in [0, 0.05) is 51.1 Å². The molecule has 1 fully saturated rings. The third kappa shape index (κ3) is 6.21. The van der Waals surface area contributed by atoms with E-state index in [-0.39, 0.29) is 38.8 Å². The van der Waals surface area contributed by atoms with Crippen LogP contribution in [0.3, 0.4) is 0 Å². The lowest BCUT2D eigenvalue weighted by atomic mass is 9.94. The van der Waals surface area contributed by atoms with Gasteiger partial charge in [0.15, 0.2) is 0 Å². The second-order valence-corrected chi connectivity index (χ2v) is 13.8. The van der Waals surface area contributed by atoms with Gasteiger partial charge in [0.05, 0.1) is 17.0 Å². The van der Waals surface area contributed by atoms with E-state index in [1.165, 1.54) is 65.8 Å². The van der Waals surface area contributed by atoms with Crippen molar-refractivity contribution in [1.29, 1.82) is 0 Å². The van der Waals surface area contributed by atoms with Crippen molar-refractivity contribution in [3.05, 3.63) is 45.8 Å². The molecule has 2 N–H and O–H groups in total. The van der Waals surface area contributed by atoms with Crippen LogP contribution in [-0.2, 0) is 27.8 Å². The Labute approximate surface area is 238 Å². The minimum absolute atomic E-state index is 0.0954. The van der Waals surface area contributed by atoms with Crippen molar-refractivity contribution in [2.75, 3.05) is 39.0 Å². The third-order valence-corrected chi connectivity index (χ3v) is 10.2. The maximum atomic E-state index is 13.2. The van der Waals surface area contributed by atoms with Gasteiger partial charge in [-0.3, -0.25) is 19.7 Å². The number of nitrogens with one attached hydrogen (secondary N) is 2. The summed E-state index contributed by atoms with van der Waals surface area (Å²) < 4.78 is 27.9. The summed E-state index contributed by atoms with van der Waals surface area (Å²) in [5.74, 6) is -0.736. The molecule has 2 aliphatic heterocycles. The number of anilines is 1. The van der Waals surface area contributed by atoms with E-state index in [4.69, 9.17) is 0 Å². The zero-order chi connectivity index (χ0) is 29.4. The number of piperidine rings is 1. The van der Waals surface area contributed by atoms with Gasteiger partial charge in [-0.15, -0.1) is 11.3 Å². The molecule has 216 valence electrons. The van der Waals surface area contributed by atoms with Crippen LogP contribution in [-0.4, -0.2) is 80.0 Å². The molecule has 3 heterocycles. The zero-order valence-electron chi connectivity index (χ0n) is 23.3. The van der Waals surface area contributed by atoms with Crippen molar-refractivity contribution < 1.29 is 27.6 Å². The smallest absolute Gasteiger partial charge is 0.323 e. The summed E-state index contributed by atoms with van der Waals surface area (Å²) in [6, 6.07) is 5.12. The normalized spacial score (nSPS) is 19.5. The van der Waals surface area contributed by atoms with Crippen LogP contribution in [0.4, 0.5) is 9.80 Å². The van der Waals surface area contributed by atoms with Gasteiger partial charge in [-0.1, -0.05) is 13.8 Å². The van der Waals surface area contributed by atoms with E-state index in [1.807, 2.05) is 13.8 Å². The Morgan fingerprint density at radius 2 is 1.62 bits per heavy atom. The quantitative estimate of drug-likeness (QED) is 0.550. The summed E-state index contributed by atoms with van der Waals surface area (Å²) in [5, 5.41) is 5.37. The highest BCUT2D eigenvalue weighted by Crippen LogP contribution is 2.37. The lowest BCUT2D eigenvalue weighted by Gasteiger charge is -2.34. The van der Waals surface area contributed by atoms with Gasteiger partial charge >= 0.3 is 6.03 Å². The minimum atomic E-state index is -3.70. The van der Waals surface area contributed by atoms with Crippen LogP contribution in [0.2, 0.25) is 0 Å². The van der Waals surface area contributed by atoms with E-state index in [1.54, 1.807) is 4.90 Å². The zero-order valence-corrected chi connectivity index (χ0v) is 24.9. The molecule has 1 aromatic heterocycles. The number of fused-ring (bicyclic) bond motifs is 1. The van der Waals surface area contributed by atoms with Crippen LogP contribution in [0.25, 0.3) is 0 Å². The van der Waals surface area contributed by atoms with Gasteiger partial charge in [0.1, 0.15) is 5.00 Å². The lowest BCUT2D eigenvalue weighted by Crippen LogP contribution is -2.42. The highest BCUT2D eigenvalue weighted by Gasteiger charge is 2.33. The summed E-state index contributed by atoms with van der Waals surface area (Å²) >= 11 is 1.18. The number of carbonyl (C=O) groups excluding carboxylic acids is 4. The second kappa shape index (κ2) is 11.7. The van der Waals surface area contributed by atoms with E-state index in [9.17, 15) is 27.6 Å². The molecule has 0 bridgehead atoms. The fourth-order valence-electron chi connectivity index (χ4n) is 5.18. The molecule has 2 aliphatic rings. The largest absolute Gasteiger partial charge is 0.337 e. The second-order valence-electron chi connectivity index (χ2n) is 10.8. The van der Waals surface area contributed by atoms with Gasteiger partial charge in [0.25, 0.3) is 11.8 Å². The first-order valence-electron chi connectivity index (χ1n) is 13.1. The summed E-state index contributed by atoms with van der Waals surface area (Å²) in [5.41, 5.74) is 1.10. The minimum Gasteiger partial charge on any atom is -0.337 e. The molecule has 2 unspecified atom stereocenters. The molecule has 0 radical (unpaired) electrons. The predicted octanol–water partition coefficient (Wildman–Crippen LogP) is 2.98. The Morgan fingerprint density at radius 1 is 1.00 bits per heavy atom. The summed E-state index contributed by atoms with van der Waals surface area (Å²) in [6.45, 7) is 7.18. The van der Waals surface area contributed by atoms with Crippen LogP contribution in [0.15, 0.2) is 29.2 Å². The number of amides is 5. The Hall–Kier alpha value is -3.29. The van der Waals surface area contributed by atoms with Crippen molar-refractivity contribution >= 4 is 50.1 Å². The van der Waals surface area contributed by atoms with E-state index in [0.29, 0.717) is 38.2 Å². The van der Waals surface area contributed by atoms with E-state index in [2.05, 4.69) is 10.6 Å². The van der Waals surface area contributed by atoms with Gasteiger partial charge in [-0.05, 0) is 54.5 Å². The molecular weight excluding hydrogens is 554 g/mol. The molecule has 5 amide bonds. The molecule has 13 heteroatoms. The van der Waals surface area contributed by atoms with Crippen LogP contribution in [0.1, 0.15) is 58.3 Å². The monoisotopic (exact) mass is 589 g/mol. The molecule has 0 spiro atoms. The van der Waals surface area contributed by atoms with Crippen molar-refractivity contribution in [1.82, 2.24) is 19.4 Å². The summed E-state index contributed by atoms with van der Waals surface area (Å²) in [6.07, 6.45) is 1.38. The van der Waals surface area contributed by atoms with Crippen LogP contribution in [0, 0.1) is 11.8 Å². The molecule has 0 aliphatic carbocycles. The lowest BCUT2D eigenvalue weighted by molar-refractivity contribution is -0.129. The molecule has 1 saturated heterocycles. The number of sulfonamides is 1. The molecular formula is C27H35N5O6S2. The first-order valence-corrected chi connectivity index (χ1v) is 15.4. The average molecular weight is 590 g/mol. The van der Waals surface area contributed by atoms with Crippen LogP contribution < -0.4 is 10.6 Å². The summed E-state index contributed by atoms with van der Waals surface area (Å²) in [4.78, 5) is 54.2. The van der Waals surface area contributed by atoms with E-state index >= 15 is 0 Å². The van der Waals surface area contributed by atoms with E-state index in [0.717, 1.165) is 11.3 Å². The Morgan fingerprint density at radius 3 is 2.20 bits per heavy atom. The number of thiophene rings is 1. The van der Waals surface area contributed by atoms with Crippen molar-refractivity contribution in [2.45, 2.75) is 45.1 Å². The standard InChI is InChI=1S/C27H35N5O6S2/c1-16-12-17(2)14-32(13-16)40(37,38)20-8-6-19(7-9-20)24(34)28-26-23(25(35)29-27(36)30(4)5)21-10-11-31(18(3)33)15-22(21)39-26/h6-9,16-17H,10-15H2,1-5H3,(H,28,34)(H,29,35,36). The molecule has 40 heavy (non-hydrogen) atoms.